The molecular formula is C112H69CoCuFeLi2MgN32+3. The molecule has 0 aliphatic carbocycles. The van der Waals surface area contributed by atoms with Gasteiger partial charge in [-0.1, -0.05) is 194 Å². The second-order valence-electron chi connectivity index (χ2n) is 33.1. The first-order valence-corrected chi connectivity index (χ1v) is 45.7. The summed E-state index contributed by atoms with van der Waals surface area (Å²) >= 11 is 0. The molecule has 29 rings (SSSR count). The molecule has 38 heteroatoms. The molecule has 2 radical (unpaired) electrons. The van der Waals surface area contributed by atoms with Gasteiger partial charge < -0.3 is 111 Å². The molecule has 150 heavy (non-hydrogen) atoms. The Morgan fingerprint density at radius 1 is 0.180 bits per heavy atom. The Bertz CT molecular complexity index is 7950. The Labute approximate surface area is 924 Å². The van der Waals surface area contributed by atoms with Crippen LogP contribution < -0.4 is 107 Å². The third-order valence-electron chi connectivity index (χ3n) is 23.1. The first kappa shape index (κ1) is 101. The number of aromatic amines is 4. The number of nitrogens with one attached hydrogen (secondary N) is 4. The zero-order valence-electron chi connectivity index (χ0n) is 80.2. The molecule has 0 fully saturated rings. The van der Waals surface area contributed by atoms with E-state index in [1.807, 2.05) is 194 Å². The number of aromatic nitrogens is 32. The summed E-state index contributed by atoms with van der Waals surface area (Å²) in [6, 6.07) is 87.5. The van der Waals surface area contributed by atoms with Crippen LogP contribution in [0.5, 0.6) is 0 Å². The Balaban J connectivity index is 0.000000126. The van der Waals surface area contributed by atoms with Crippen molar-refractivity contribution in [3.8, 4) is 44.5 Å². The topological polar surface area (TPSA) is 430 Å². The van der Waals surface area contributed by atoms with Crippen LogP contribution in [0.15, 0.2) is 267 Å². The average molecular weight is 2080 g/mol. The van der Waals surface area contributed by atoms with Gasteiger partial charge in [0.25, 0.3) is 0 Å². The number of hydrogen-bond acceptors (Lipinski definition) is 18. The quantitative estimate of drug-likeness (QED) is 0.148. The van der Waals surface area contributed by atoms with E-state index in [4.69, 9.17) is 19.9 Å². The monoisotopic (exact) mass is 2080 g/mol. The van der Waals surface area contributed by atoms with Crippen molar-refractivity contribution in [1.82, 2.24) is 140 Å². The molecule has 706 valence electrons. The fraction of sp³-hybridized carbons (Fsp3) is 0. The van der Waals surface area contributed by atoms with Crippen LogP contribution in [0.2, 0.25) is 0 Å². The van der Waals surface area contributed by atoms with Crippen molar-refractivity contribution in [1.29, 1.82) is 0 Å². The van der Waals surface area contributed by atoms with Crippen molar-refractivity contribution in [3.05, 3.63) is 382 Å². The minimum absolute atomic E-state index is 0. The van der Waals surface area contributed by atoms with Gasteiger partial charge in [0.2, 0.25) is 0 Å². The summed E-state index contributed by atoms with van der Waals surface area (Å²) in [6.45, 7) is 0. The number of hydrogen-bond donors (Lipinski definition) is 0. The summed E-state index contributed by atoms with van der Waals surface area (Å²) in [5.74, 6) is 7.51. The maximum atomic E-state index is 5.31. The zero-order valence-corrected chi connectivity index (χ0v) is 83.7. The predicted molar refractivity (Wildman–Crippen MR) is 561 cm³/mol. The van der Waals surface area contributed by atoms with E-state index in [2.05, 4.69) is 285 Å². The van der Waals surface area contributed by atoms with Gasteiger partial charge >= 0.3 is 112 Å². The number of nitrogens with zero attached hydrogens (tertiary/aromatic N) is 28. The zero-order chi connectivity index (χ0) is 95.6. The van der Waals surface area contributed by atoms with E-state index in [0.717, 1.165) is 134 Å². The van der Waals surface area contributed by atoms with Gasteiger partial charge in [0.05, 0.1) is 68.8 Å². The first-order chi connectivity index (χ1) is 71.0. The van der Waals surface area contributed by atoms with E-state index >= 15 is 0 Å². The smallest absolute Gasteiger partial charge is 1.00 e. The Hall–Kier alpha value is -17.5. The molecule has 0 atom stereocenters. The Morgan fingerprint density at radius 2 is 0.373 bits per heavy atom. The van der Waals surface area contributed by atoms with Gasteiger partial charge in [0.1, 0.15) is 46.6 Å². The predicted octanol–water partition coefficient (Wildman–Crippen LogP) is 10.4. The Morgan fingerprint density at radius 3 is 0.573 bits per heavy atom. The molecule has 4 N–H and O–H groups in total. The van der Waals surface area contributed by atoms with Gasteiger partial charge in [-0.15, -0.1) is 44.1 Å². The number of rotatable bonds is 4. The van der Waals surface area contributed by atoms with Gasteiger partial charge in [-0.25, -0.2) is 29.9 Å². The summed E-state index contributed by atoms with van der Waals surface area (Å²) in [6.07, 6.45) is 38.2. The second-order valence-corrected chi connectivity index (χ2v) is 33.1. The maximum absolute atomic E-state index is 5.31. The van der Waals surface area contributed by atoms with Crippen LogP contribution in [0, 0.1) is 0 Å². The van der Waals surface area contributed by atoms with Crippen molar-refractivity contribution < 1.29 is 110 Å². The number of fused-ring (bicyclic) bond motifs is 40. The van der Waals surface area contributed by atoms with Crippen LogP contribution >= 0.6 is 0 Å². The van der Waals surface area contributed by atoms with Crippen molar-refractivity contribution in [2.24, 2.45) is 0 Å². The molecule has 40 bridgehead atoms. The van der Waals surface area contributed by atoms with Gasteiger partial charge in [0, 0.05) is 67.8 Å². The van der Waals surface area contributed by atoms with E-state index in [0.29, 0.717) is 138 Å². The van der Waals surface area contributed by atoms with Crippen LogP contribution in [0.3, 0.4) is 0 Å². The minimum atomic E-state index is 0. The largest absolute Gasteiger partial charge is 2.00 e. The molecule has 25 heterocycles. The van der Waals surface area contributed by atoms with Crippen molar-refractivity contribution in [2.45, 2.75) is 0 Å². The van der Waals surface area contributed by atoms with Crippen molar-refractivity contribution in [3.63, 3.8) is 0 Å². The fourth-order valence-electron chi connectivity index (χ4n) is 16.7. The fourth-order valence-corrected chi connectivity index (χ4v) is 16.7. The Kier molecular flexibility index (Phi) is 30.5. The van der Waals surface area contributed by atoms with Crippen molar-refractivity contribution in [2.75, 3.05) is 0 Å². The molecule has 0 unspecified atom stereocenters. The van der Waals surface area contributed by atoms with Crippen LogP contribution in [-0.2, 0) is 50.9 Å². The molecule has 0 amide bonds. The maximum Gasteiger partial charge on any atom is 2.00 e. The standard InChI is InChI=1S/C44H28N4.C20H12N4.3C16H8N8.Co.Cu.Fe.2Li.Mg.H/c1-5-13-29(14-6-1)41-33-21-23-35(45-33)42(30-15-7-2-8-16-30)37-25-27-39(47-37)44(32-19-11-4-12-20-32)40-28-26-38(48-40)43(31-17-9-3-10-18-31)36-24-22-34(41)46-36;1-2-14-10-16-5-6-18(23-16)12-20-8-7-19(24-20)11-17-4-3-15(22-17)9-13(1)21-14;3*1-2-10-17-9(1)21-11-3-4-13(18-11)23-15-7-8-16(20-15)24-14-6-5-12(19-14)22-10;;;;;;;/h1-28H;1-12H;3*1-8H;;;;;;;/q5*-2;3*+2;2*+1;+2;-1/p+4. The summed E-state index contributed by atoms with van der Waals surface area (Å²) in [5.41, 5.74) is 29.0. The van der Waals surface area contributed by atoms with Crippen LogP contribution in [0.4, 0.5) is 0 Å². The number of H-pyrrole nitrogens is 4. The molecule has 32 nitrogen and oxygen atoms in total. The normalized spacial score (nSPS) is 11.9. The van der Waals surface area contributed by atoms with Gasteiger partial charge in [0.15, 0.2) is 0 Å². The van der Waals surface area contributed by atoms with E-state index in [-0.39, 0.29) is 113 Å². The third-order valence-corrected chi connectivity index (χ3v) is 23.1. The summed E-state index contributed by atoms with van der Waals surface area (Å²) in [5, 5.41) is 0. The number of benzene rings is 4. The van der Waals surface area contributed by atoms with Gasteiger partial charge in [-0.3, -0.25) is 19.9 Å². The summed E-state index contributed by atoms with van der Waals surface area (Å²) in [4.78, 5) is 140. The SMILES string of the molecule is C1=Cc2cc3ccc(cc4nc(cc5ccc(cc1n2)[n-]5)C=C4)[n-]3.C1=Cc2nc1c(-c1ccccc1)c1ccc([n-]1)c(-c1ccccc1)c1nc(c(-c3ccccc3)c3ccc([n-]3)c2-c2ccccc2)C=C1.C1=Cc2nc1nc1ccc(nc3nc(nc4ccc(n2)[n-]4)C=C3)[n-]1.C1=Cc2nc3ccc(nc4[nH+]c(nc5ccc(nc1[nH+]2)[n-]5)C=C4)[n-]3.C1=Cc2nc3ccc(nc4[nH+]c(nc5ccc(nc1[nH+]2)[n-]5)C=C4)[n-]3.[Co+2].[Cu+2].[Fe+2].[H-].[Li+].[Li+].[Mg+2]. The molecule has 19 aromatic rings. The van der Waals surface area contributed by atoms with E-state index in [1.54, 1.807) is 48.6 Å². The second kappa shape index (κ2) is 45.3. The summed E-state index contributed by atoms with van der Waals surface area (Å²) < 4.78 is 0. The average Bonchev–Trinajstić information content (AvgIpc) is 1.61. The van der Waals surface area contributed by atoms with E-state index < -0.39 is 0 Å². The molecular weight excluding hydrogens is 2010 g/mol. The molecule has 0 saturated heterocycles. The molecule has 4 aromatic carbocycles. The van der Waals surface area contributed by atoms with Gasteiger partial charge in [-0.05, 0) is 239 Å². The van der Waals surface area contributed by atoms with Crippen LogP contribution in [0.25, 0.3) is 278 Å². The van der Waals surface area contributed by atoms with Crippen molar-refractivity contribution >= 4 is 256 Å². The van der Waals surface area contributed by atoms with E-state index in [1.165, 1.54) is 0 Å². The minimum Gasteiger partial charge on any atom is -1.00 e. The molecule has 10 aliphatic rings. The third kappa shape index (κ3) is 23.3. The van der Waals surface area contributed by atoms with Crippen LogP contribution in [0.1, 0.15) is 117 Å². The summed E-state index contributed by atoms with van der Waals surface area (Å²) in [7, 11) is 0. The molecule has 0 spiro atoms. The first-order valence-electron chi connectivity index (χ1n) is 45.7. The molecule has 0 saturated carbocycles. The molecule has 10 aliphatic heterocycles. The van der Waals surface area contributed by atoms with Crippen LogP contribution in [-0.4, -0.2) is 113 Å². The van der Waals surface area contributed by atoms with E-state index in [9.17, 15) is 0 Å². The molecule has 15 aromatic heterocycles. The van der Waals surface area contributed by atoms with Gasteiger partial charge in [-0.2, -0.15) is 0 Å².